The van der Waals surface area contributed by atoms with E-state index in [1.165, 1.54) is 5.56 Å². The Morgan fingerprint density at radius 2 is 1.91 bits per heavy atom. The molecule has 0 spiro atoms. The summed E-state index contributed by atoms with van der Waals surface area (Å²) in [6.45, 7) is 9.58. The summed E-state index contributed by atoms with van der Waals surface area (Å²) in [5.41, 5.74) is 7.33. The van der Waals surface area contributed by atoms with Gasteiger partial charge in [-0.15, -0.1) is 0 Å². The predicted octanol–water partition coefficient (Wildman–Crippen LogP) is 1.57. The molecule has 1 aromatic rings. The van der Waals surface area contributed by atoms with Crippen LogP contribution in [0.15, 0.2) is 29.3 Å². The molecule has 1 heterocycles. The average molecular weight is 447 g/mol. The standard InChI is InChI=1S/C23H38N6O3/c1-23(2,3)32-22(31)27-11-10-26-21(25-4)28-14-17-7-5-8-18(13-17)15-29-12-6-9-19(16-29)20(24)30/h5,7-8,13,19H,6,9-12,14-16H2,1-4H3,(H2,24,30)(H,27,31)(H2,25,26,28). The number of rotatable bonds is 8. The van der Waals surface area contributed by atoms with E-state index >= 15 is 0 Å². The molecule has 0 radical (unpaired) electrons. The van der Waals surface area contributed by atoms with Crippen LogP contribution in [0.5, 0.6) is 0 Å². The normalized spacial score (nSPS) is 17.5. The fourth-order valence-electron chi connectivity index (χ4n) is 3.59. The van der Waals surface area contributed by atoms with Gasteiger partial charge in [0.05, 0.1) is 5.92 Å². The smallest absolute Gasteiger partial charge is 0.407 e. The van der Waals surface area contributed by atoms with Crippen LogP contribution >= 0.6 is 0 Å². The van der Waals surface area contributed by atoms with Gasteiger partial charge in [0.2, 0.25) is 5.91 Å². The number of aliphatic imine (C=N–C) groups is 1. The summed E-state index contributed by atoms with van der Waals surface area (Å²) < 4.78 is 5.21. The van der Waals surface area contributed by atoms with E-state index in [2.05, 4.69) is 44.0 Å². The first-order valence-corrected chi connectivity index (χ1v) is 11.2. The van der Waals surface area contributed by atoms with Gasteiger partial charge >= 0.3 is 6.09 Å². The Morgan fingerprint density at radius 1 is 1.19 bits per heavy atom. The number of likely N-dealkylation sites (tertiary alicyclic amines) is 1. The second-order valence-electron chi connectivity index (χ2n) is 9.08. The first-order valence-electron chi connectivity index (χ1n) is 11.2. The topological polar surface area (TPSA) is 121 Å². The van der Waals surface area contributed by atoms with Gasteiger partial charge in [0.1, 0.15) is 5.60 Å². The maximum absolute atomic E-state index is 11.7. The van der Waals surface area contributed by atoms with Crippen molar-refractivity contribution in [3.8, 4) is 0 Å². The molecule has 1 saturated heterocycles. The van der Waals surface area contributed by atoms with E-state index in [0.29, 0.717) is 25.6 Å². The van der Waals surface area contributed by atoms with Crippen LogP contribution in [0, 0.1) is 5.92 Å². The van der Waals surface area contributed by atoms with Crippen LogP contribution in [-0.2, 0) is 22.6 Å². The molecule has 0 aliphatic carbocycles. The van der Waals surface area contributed by atoms with Crippen LogP contribution in [-0.4, -0.2) is 61.7 Å². The predicted molar refractivity (Wildman–Crippen MR) is 126 cm³/mol. The highest BCUT2D eigenvalue weighted by molar-refractivity contribution is 5.79. The van der Waals surface area contributed by atoms with Crippen molar-refractivity contribution < 1.29 is 14.3 Å². The van der Waals surface area contributed by atoms with E-state index in [1.54, 1.807) is 7.05 Å². The quantitative estimate of drug-likeness (QED) is 0.273. The van der Waals surface area contributed by atoms with Crippen LogP contribution in [0.1, 0.15) is 44.7 Å². The summed E-state index contributed by atoms with van der Waals surface area (Å²) in [5, 5.41) is 9.16. The van der Waals surface area contributed by atoms with Crippen LogP contribution < -0.4 is 21.7 Å². The first-order chi connectivity index (χ1) is 15.2. The molecule has 0 saturated carbocycles. The molecule has 1 atom stereocenters. The fraction of sp³-hybridized carbons (Fsp3) is 0.609. The van der Waals surface area contributed by atoms with E-state index in [1.807, 2.05) is 26.8 Å². The molecule has 178 valence electrons. The van der Waals surface area contributed by atoms with E-state index < -0.39 is 11.7 Å². The number of carbonyl (C=O) groups is 2. The summed E-state index contributed by atoms with van der Waals surface area (Å²) in [6.07, 6.45) is 1.45. The van der Waals surface area contributed by atoms with Crippen LogP contribution in [0.2, 0.25) is 0 Å². The third-order valence-electron chi connectivity index (χ3n) is 5.07. The number of ether oxygens (including phenoxy) is 1. The van der Waals surface area contributed by atoms with Gasteiger partial charge in [0.15, 0.2) is 5.96 Å². The molecule has 1 unspecified atom stereocenters. The number of amides is 2. The molecule has 0 aromatic heterocycles. The SMILES string of the molecule is CN=C(NCCNC(=O)OC(C)(C)C)NCc1cccc(CN2CCCC(C(N)=O)C2)c1. The average Bonchev–Trinajstić information content (AvgIpc) is 2.72. The van der Waals surface area contributed by atoms with Crippen LogP contribution in [0.25, 0.3) is 0 Å². The van der Waals surface area contributed by atoms with Crippen LogP contribution in [0.3, 0.4) is 0 Å². The maximum atomic E-state index is 11.7. The summed E-state index contributed by atoms with van der Waals surface area (Å²) >= 11 is 0. The number of piperidine rings is 1. The van der Waals surface area contributed by atoms with E-state index in [0.717, 1.165) is 38.0 Å². The van der Waals surface area contributed by atoms with Gasteiger partial charge in [-0.1, -0.05) is 24.3 Å². The molecule has 1 fully saturated rings. The largest absolute Gasteiger partial charge is 0.444 e. The van der Waals surface area contributed by atoms with Crippen molar-refractivity contribution in [2.45, 2.75) is 52.3 Å². The van der Waals surface area contributed by atoms with E-state index in [-0.39, 0.29) is 11.8 Å². The number of guanidine groups is 1. The third kappa shape index (κ3) is 9.55. The summed E-state index contributed by atoms with van der Waals surface area (Å²) in [5.74, 6) is 0.405. The zero-order chi connectivity index (χ0) is 23.6. The molecule has 1 aliphatic rings. The lowest BCUT2D eigenvalue weighted by atomic mass is 9.97. The minimum absolute atomic E-state index is 0.0483. The van der Waals surface area contributed by atoms with E-state index in [4.69, 9.17) is 10.5 Å². The summed E-state index contributed by atoms with van der Waals surface area (Å²) in [4.78, 5) is 29.7. The van der Waals surface area contributed by atoms with Crippen molar-refractivity contribution >= 4 is 18.0 Å². The molecule has 1 aromatic carbocycles. The molecule has 5 N–H and O–H groups in total. The molecule has 2 rings (SSSR count). The third-order valence-corrected chi connectivity index (χ3v) is 5.07. The lowest BCUT2D eigenvalue weighted by molar-refractivity contribution is -0.123. The summed E-state index contributed by atoms with van der Waals surface area (Å²) in [7, 11) is 1.71. The monoisotopic (exact) mass is 446 g/mol. The number of alkyl carbamates (subject to hydrolysis) is 1. The molecular formula is C23H38N6O3. The number of primary amides is 1. The number of benzene rings is 1. The number of nitrogens with one attached hydrogen (secondary N) is 3. The van der Waals surface area contributed by atoms with Gasteiger partial charge in [0, 0.05) is 39.8 Å². The Kier molecular flexibility index (Phi) is 9.77. The Labute approximate surface area is 191 Å². The minimum atomic E-state index is -0.513. The van der Waals surface area contributed by atoms with Gasteiger partial charge in [0.25, 0.3) is 0 Å². The maximum Gasteiger partial charge on any atom is 0.407 e. The Balaban J connectivity index is 1.75. The molecule has 32 heavy (non-hydrogen) atoms. The number of hydrogen-bond acceptors (Lipinski definition) is 5. The highest BCUT2D eigenvalue weighted by Gasteiger charge is 2.23. The van der Waals surface area contributed by atoms with Crippen molar-refractivity contribution in [2.24, 2.45) is 16.6 Å². The molecule has 0 bridgehead atoms. The molecule has 9 heteroatoms. The highest BCUT2D eigenvalue weighted by atomic mass is 16.6. The Bertz CT molecular complexity index is 790. The number of carbonyl (C=O) groups excluding carboxylic acids is 2. The zero-order valence-corrected chi connectivity index (χ0v) is 19.7. The Hall–Kier alpha value is -2.81. The van der Waals surface area contributed by atoms with Gasteiger partial charge in [-0.25, -0.2) is 4.79 Å². The summed E-state index contributed by atoms with van der Waals surface area (Å²) in [6, 6.07) is 8.38. The van der Waals surface area contributed by atoms with Gasteiger partial charge in [-0.3, -0.25) is 14.7 Å². The van der Waals surface area contributed by atoms with Crippen molar-refractivity contribution in [3.63, 3.8) is 0 Å². The zero-order valence-electron chi connectivity index (χ0n) is 19.7. The van der Waals surface area contributed by atoms with Gasteiger partial charge in [-0.05, 0) is 51.3 Å². The van der Waals surface area contributed by atoms with Crippen molar-refractivity contribution in [3.05, 3.63) is 35.4 Å². The molecule has 2 amide bonds. The van der Waals surface area contributed by atoms with Gasteiger partial charge in [-0.2, -0.15) is 0 Å². The Morgan fingerprint density at radius 3 is 2.59 bits per heavy atom. The molecule has 1 aliphatic heterocycles. The minimum Gasteiger partial charge on any atom is -0.444 e. The lowest BCUT2D eigenvalue weighted by Crippen LogP contribution is -2.42. The molecule has 9 nitrogen and oxygen atoms in total. The molecular weight excluding hydrogens is 408 g/mol. The van der Waals surface area contributed by atoms with Crippen molar-refractivity contribution in [1.29, 1.82) is 0 Å². The van der Waals surface area contributed by atoms with Crippen molar-refractivity contribution in [2.75, 3.05) is 33.2 Å². The second-order valence-corrected chi connectivity index (χ2v) is 9.08. The number of nitrogens with zero attached hydrogens (tertiary/aromatic N) is 2. The fourth-order valence-corrected chi connectivity index (χ4v) is 3.59. The van der Waals surface area contributed by atoms with Gasteiger partial charge < -0.3 is 26.4 Å². The van der Waals surface area contributed by atoms with Crippen molar-refractivity contribution in [1.82, 2.24) is 20.9 Å². The number of nitrogens with two attached hydrogens (primary N) is 1. The lowest BCUT2D eigenvalue weighted by Gasteiger charge is -2.31. The van der Waals surface area contributed by atoms with E-state index in [9.17, 15) is 9.59 Å². The second kappa shape index (κ2) is 12.3. The highest BCUT2D eigenvalue weighted by Crippen LogP contribution is 2.18. The first kappa shape index (κ1) is 25.5. The number of hydrogen-bond donors (Lipinski definition) is 4. The van der Waals surface area contributed by atoms with Crippen LogP contribution in [0.4, 0.5) is 4.79 Å².